The van der Waals surface area contributed by atoms with Gasteiger partial charge in [-0.15, -0.1) is 0 Å². The highest BCUT2D eigenvalue weighted by Gasteiger charge is 2.24. The molecule has 1 aliphatic heterocycles. The maximum Gasteiger partial charge on any atom is 0.406 e. The van der Waals surface area contributed by atoms with E-state index >= 15 is 0 Å². The fraction of sp³-hybridized carbons (Fsp3) is 0.643. The molecule has 0 aromatic carbocycles. The van der Waals surface area contributed by atoms with Crippen molar-refractivity contribution in [2.45, 2.75) is 71.1 Å². The van der Waals surface area contributed by atoms with Crippen LogP contribution in [0, 0.1) is 0 Å². The fourth-order valence-corrected chi connectivity index (χ4v) is 4.68. The molecule has 2 heterocycles. The van der Waals surface area contributed by atoms with E-state index in [1.165, 1.54) is 7.11 Å². The number of nitrogens with one attached hydrogen (secondary N) is 2. The van der Waals surface area contributed by atoms with Gasteiger partial charge in [0.25, 0.3) is 0 Å². The molecule has 1 aromatic heterocycles. The third kappa shape index (κ3) is 10.1. The second-order valence-electron chi connectivity index (χ2n) is 10.8. The van der Waals surface area contributed by atoms with Crippen LogP contribution < -0.4 is 10.6 Å². The number of halogens is 1. The molecule has 2 N–H and O–H groups in total. The van der Waals surface area contributed by atoms with Crippen LogP contribution in [0.2, 0.25) is 5.02 Å². The Morgan fingerprint density at radius 3 is 2.82 bits per heavy atom. The third-order valence-corrected chi connectivity index (χ3v) is 6.78. The van der Waals surface area contributed by atoms with E-state index in [2.05, 4.69) is 43.1 Å². The minimum atomic E-state index is -0.416. The zero-order chi connectivity index (χ0) is 27.5. The summed E-state index contributed by atoms with van der Waals surface area (Å²) in [5.74, 6) is -0.0150. The third-order valence-electron chi connectivity index (χ3n) is 6.48. The van der Waals surface area contributed by atoms with Gasteiger partial charge in [0.2, 0.25) is 5.91 Å². The molecule has 10 heteroatoms. The van der Waals surface area contributed by atoms with Gasteiger partial charge in [0.15, 0.2) is 0 Å². The summed E-state index contributed by atoms with van der Waals surface area (Å²) in [5.41, 5.74) is 2.99. The lowest BCUT2D eigenvalue weighted by molar-refractivity contribution is -0.131. The van der Waals surface area contributed by atoms with Gasteiger partial charge in [0.1, 0.15) is 0 Å². The molecule has 2 amide bonds. The molecule has 3 rings (SSSR count). The second-order valence-corrected chi connectivity index (χ2v) is 11.2. The monoisotopic (exact) mass is 550 g/mol. The first-order chi connectivity index (χ1) is 18.1. The Kier molecular flexibility index (Phi) is 11.7. The smallest absolute Gasteiger partial charge is 0.406 e. The van der Waals surface area contributed by atoms with E-state index in [0.717, 1.165) is 55.6 Å². The number of morpholine rings is 1. The number of amides is 2. The van der Waals surface area contributed by atoms with Gasteiger partial charge in [-0.1, -0.05) is 23.8 Å². The summed E-state index contributed by atoms with van der Waals surface area (Å²) >= 11 is 6.56. The summed E-state index contributed by atoms with van der Waals surface area (Å²) in [5, 5.41) is 6.51. The summed E-state index contributed by atoms with van der Waals surface area (Å²) < 4.78 is 18.5. The number of allylic oxidation sites excluding steroid dienone is 1. The molecule has 1 atom stereocenters. The topological polar surface area (TPSA) is 94.1 Å². The van der Waals surface area contributed by atoms with Crippen molar-refractivity contribution >= 4 is 35.8 Å². The SMILES string of the molecule is COC(=O)NCCCCn1cc(Cl)c2c1/C=C(/CNC(=O)CC1CN(COC(C)(C)C)CCO1)CCC=C2. The first kappa shape index (κ1) is 30.2. The first-order valence-corrected chi connectivity index (χ1v) is 13.8. The van der Waals surface area contributed by atoms with Gasteiger partial charge in [0.05, 0.1) is 43.6 Å². The lowest BCUT2D eigenvalue weighted by Crippen LogP contribution is -2.46. The number of fused-ring (bicyclic) bond motifs is 1. The van der Waals surface area contributed by atoms with Gasteiger partial charge < -0.3 is 29.4 Å². The molecule has 1 saturated heterocycles. The van der Waals surface area contributed by atoms with Crippen LogP contribution in [0.25, 0.3) is 12.2 Å². The number of unbranched alkanes of at least 4 members (excludes halogenated alkanes) is 1. The molecule has 0 radical (unpaired) electrons. The molecule has 0 saturated carbocycles. The molecular weight excluding hydrogens is 508 g/mol. The fourth-order valence-electron chi connectivity index (χ4n) is 4.41. The van der Waals surface area contributed by atoms with Crippen LogP contribution in [0.15, 0.2) is 17.8 Å². The Bertz CT molecular complexity index is 998. The average Bonchev–Trinajstić information content (AvgIpc) is 3.13. The van der Waals surface area contributed by atoms with Crippen LogP contribution in [0.5, 0.6) is 0 Å². The lowest BCUT2D eigenvalue weighted by Gasteiger charge is -2.34. The normalized spacial score (nSPS) is 19.6. The minimum absolute atomic E-state index is 0.0150. The van der Waals surface area contributed by atoms with Crippen molar-refractivity contribution in [3.63, 3.8) is 0 Å². The largest absolute Gasteiger partial charge is 0.453 e. The Morgan fingerprint density at radius 1 is 1.24 bits per heavy atom. The minimum Gasteiger partial charge on any atom is -0.453 e. The predicted molar refractivity (Wildman–Crippen MR) is 150 cm³/mol. The number of hydrogen-bond acceptors (Lipinski definition) is 6. The van der Waals surface area contributed by atoms with Crippen LogP contribution in [0.4, 0.5) is 4.79 Å². The van der Waals surface area contributed by atoms with Crippen molar-refractivity contribution in [2.75, 3.05) is 46.6 Å². The highest BCUT2D eigenvalue weighted by Crippen LogP contribution is 2.29. The molecule has 1 unspecified atom stereocenters. The molecule has 1 fully saturated rings. The van der Waals surface area contributed by atoms with Crippen molar-refractivity contribution in [1.29, 1.82) is 0 Å². The summed E-state index contributed by atoms with van der Waals surface area (Å²) in [7, 11) is 1.36. The van der Waals surface area contributed by atoms with Crippen LogP contribution >= 0.6 is 11.6 Å². The highest BCUT2D eigenvalue weighted by molar-refractivity contribution is 6.32. The van der Waals surface area contributed by atoms with Crippen LogP contribution in [-0.2, 0) is 25.5 Å². The summed E-state index contributed by atoms with van der Waals surface area (Å²) in [6, 6.07) is 0. The molecule has 0 spiro atoms. The molecule has 0 bridgehead atoms. The molecular formula is C28H43ClN4O5. The number of carbonyl (C=O) groups is 2. The molecule has 1 aliphatic carbocycles. The van der Waals surface area contributed by atoms with Crippen LogP contribution in [-0.4, -0.2) is 79.8 Å². The zero-order valence-electron chi connectivity index (χ0n) is 23.2. The van der Waals surface area contributed by atoms with Gasteiger partial charge >= 0.3 is 6.09 Å². The van der Waals surface area contributed by atoms with E-state index in [1.807, 2.05) is 27.0 Å². The number of ether oxygens (including phenoxy) is 3. The summed E-state index contributed by atoms with van der Waals surface area (Å²) in [6.45, 7) is 10.6. The van der Waals surface area contributed by atoms with Crippen LogP contribution in [0.1, 0.15) is 64.1 Å². The first-order valence-electron chi connectivity index (χ1n) is 13.5. The summed E-state index contributed by atoms with van der Waals surface area (Å²) in [4.78, 5) is 26.2. The van der Waals surface area contributed by atoms with Crippen molar-refractivity contribution in [3.05, 3.63) is 34.1 Å². The van der Waals surface area contributed by atoms with Crippen LogP contribution in [0.3, 0.4) is 0 Å². The Morgan fingerprint density at radius 2 is 2.05 bits per heavy atom. The average molecular weight is 551 g/mol. The van der Waals surface area contributed by atoms with Gasteiger partial charge in [-0.25, -0.2) is 4.79 Å². The van der Waals surface area contributed by atoms with Gasteiger partial charge in [-0.2, -0.15) is 0 Å². The molecule has 212 valence electrons. The van der Waals surface area contributed by atoms with Crippen molar-refractivity contribution in [2.24, 2.45) is 0 Å². The second kappa shape index (κ2) is 14.7. The maximum atomic E-state index is 12.8. The number of aromatic nitrogens is 1. The number of methoxy groups -OCH3 is 1. The van der Waals surface area contributed by atoms with Crippen molar-refractivity contribution in [1.82, 2.24) is 20.1 Å². The predicted octanol–water partition coefficient (Wildman–Crippen LogP) is 4.45. The number of aryl methyl sites for hydroxylation is 1. The molecule has 38 heavy (non-hydrogen) atoms. The molecule has 2 aliphatic rings. The number of carbonyl (C=O) groups excluding carboxylic acids is 2. The number of hydrogen-bond donors (Lipinski definition) is 2. The van der Waals surface area contributed by atoms with E-state index < -0.39 is 6.09 Å². The van der Waals surface area contributed by atoms with Gasteiger partial charge in [0, 0.05) is 50.2 Å². The Labute approximate surface area is 231 Å². The van der Waals surface area contributed by atoms with Crippen molar-refractivity contribution in [3.8, 4) is 0 Å². The Hall–Kier alpha value is -2.33. The van der Waals surface area contributed by atoms with E-state index in [0.29, 0.717) is 44.4 Å². The Balaban J connectivity index is 1.53. The van der Waals surface area contributed by atoms with E-state index in [-0.39, 0.29) is 17.6 Å². The molecule has 1 aromatic rings. The van der Waals surface area contributed by atoms with E-state index in [9.17, 15) is 9.59 Å². The summed E-state index contributed by atoms with van der Waals surface area (Å²) in [6.07, 6.45) is 11.5. The van der Waals surface area contributed by atoms with E-state index in [4.69, 9.17) is 21.1 Å². The maximum absolute atomic E-state index is 12.8. The highest BCUT2D eigenvalue weighted by atomic mass is 35.5. The standard InChI is InChI=1S/C28H43ClN4O5/c1-28(2,3)38-20-32-13-14-37-22(18-32)16-26(34)31-17-21-9-5-6-10-23-24(29)19-33(25(23)15-21)12-8-7-11-30-27(35)36-4/h6,10,15,19,22H,5,7-9,11-14,16-18,20H2,1-4H3,(H,30,35)(H,31,34)/b10-6?,21-15+. The zero-order valence-corrected chi connectivity index (χ0v) is 23.9. The van der Waals surface area contributed by atoms with Crippen molar-refractivity contribution < 1.29 is 23.8 Å². The van der Waals surface area contributed by atoms with Gasteiger partial charge in [-0.05, 0) is 58.1 Å². The number of alkyl carbamates (subject to hydrolysis) is 1. The quantitative estimate of drug-likeness (QED) is 0.395. The molecule has 9 nitrogen and oxygen atoms in total. The number of rotatable bonds is 11. The van der Waals surface area contributed by atoms with E-state index in [1.54, 1.807) is 0 Å². The lowest BCUT2D eigenvalue weighted by atomic mass is 10.0. The van der Waals surface area contributed by atoms with Gasteiger partial charge in [-0.3, -0.25) is 9.69 Å². The number of nitrogens with zero attached hydrogens (tertiary/aromatic N) is 2.